The molecule has 1 aliphatic rings. The highest BCUT2D eigenvalue weighted by molar-refractivity contribution is 7.10. The molecule has 1 atom stereocenters. The van der Waals surface area contributed by atoms with Gasteiger partial charge in [-0.3, -0.25) is 0 Å². The maximum Gasteiger partial charge on any atom is 0.00834 e. The predicted octanol–water partition coefficient (Wildman–Crippen LogP) is 2.05. The number of thiophene rings is 1. The molecule has 1 aromatic rings. The molecule has 1 aliphatic carbocycles. The summed E-state index contributed by atoms with van der Waals surface area (Å²) in [4.78, 5) is 1.58. The lowest BCUT2D eigenvalue weighted by atomic mass is 10.0. The third kappa shape index (κ3) is 1.01. The summed E-state index contributed by atoms with van der Waals surface area (Å²) in [5.41, 5.74) is 8.70. The van der Waals surface area contributed by atoms with Crippen LogP contribution >= 0.6 is 11.3 Å². The molecule has 0 fully saturated rings. The lowest BCUT2D eigenvalue weighted by Gasteiger charge is -2.06. The Labute approximate surface area is 71.2 Å². The standard InChI is InChI=1S/C9H13NS/c1-6-5-11-8-3-2-7(4-10)9(6)8/h5,7H,2-4,10H2,1H3/t7-/m0/s1. The molecule has 0 saturated heterocycles. The highest BCUT2D eigenvalue weighted by Crippen LogP contribution is 2.38. The van der Waals surface area contributed by atoms with E-state index in [1.165, 1.54) is 18.4 Å². The summed E-state index contributed by atoms with van der Waals surface area (Å²) in [6.07, 6.45) is 2.54. The largest absolute Gasteiger partial charge is 0.330 e. The molecule has 1 nitrogen and oxygen atoms in total. The van der Waals surface area contributed by atoms with Crippen molar-refractivity contribution in [3.8, 4) is 0 Å². The Hall–Kier alpha value is -0.340. The second kappa shape index (κ2) is 2.61. The molecule has 2 heteroatoms. The number of hydrogen-bond acceptors (Lipinski definition) is 2. The Morgan fingerprint density at radius 1 is 1.73 bits per heavy atom. The van der Waals surface area contributed by atoms with Crippen molar-refractivity contribution in [3.05, 3.63) is 21.4 Å². The molecule has 1 heterocycles. The van der Waals surface area contributed by atoms with Crippen molar-refractivity contribution in [2.75, 3.05) is 6.54 Å². The van der Waals surface area contributed by atoms with Crippen LogP contribution in [0, 0.1) is 6.92 Å². The average Bonchev–Trinajstić information content (AvgIpc) is 2.54. The predicted molar refractivity (Wildman–Crippen MR) is 49.2 cm³/mol. The molecular formula is C9H13NS. The molecule has 2 N–H and O–H groups in total. The molecule has 0 aromatic carbocycles. The van der Waals surface area contributed by atoms with Crippen LogP contribution in [0.4, 0.5) is 0 Å². The van der Waals surface area contributed by atoms with Crippen molar-refractivity contribution in [3.63, 3.8) is 0 Å². The first-order valence-corrected chi connectivity index (χ1v) is 4.98. The summed E-state index contributed by atoms with van der Waals surface area (Å²) in [5, 5.41) is 2.26. The highest BCUT2D eigenvalue weighted by atomic mass is 32.1. The molecular weight excluding hydrogens is 154 g/mol. The number of rotatable bonds is 1. The van der Waals surface area contributed by atoms with Gasteiger partial charge in [0.15, 0.2) is 0 Å². The van der Waals surface area contributed by atoms with E-state index in [0.29, 0.717) is 5.92 Å². The van der Waals surface area contributed by atoms with Gasteiger partial charge in [-0.05, 0) is 48.7 Å². The number of hydrogen-bond donors (Lipinski definition) is 1. The van der Waals surface area contributed by atoms with Crippen LogP contribution in [0.2, 0.25) is 0 Å². The van der Waals surface area contributed by atoms with Gasteiger partial charge in [0, 0.05) is 4.88 Å². The van der Waals surface area contributed by atoms with Gasteiger partial charge in [0.25, 0.3) is 0 Å². The Morgan fingerprint density at radius 2 is 2.55 bits per heavy atom. The van der Waals surface area contributed by atoms with Gasteiger partial charge in [0.05, 0.1) is 0 Å². The summed E-state index contributed by atoms with van der Waals surface area (Å²) in [6, 6.07) is 0. The monoisotopic (exact) mass is 167 g/mol. The van der Waals surface area contributed by atoms with Gasteiger partial charge >= 0.3 is 0 Å². The summed E-state index contributed by atoms with van der Waals surface area (Å²) < 4.78 is 0. The number of aryl methyl sites for hydroxylation is 2. The van der Waals surface area contributed by atoms with Gasteiger partial charge in [-0.25, -0.2) is 0 Å². The Kier molecular flexibility index (Phi) is 1.74. The molecule has 0 bridgehead atoms. The minimum absolute atomic E-state index is 0.663. The topological polar surface area (TPSA) is 26.0 Å². The molecule has 1 aromatic heterocycles. The molecule has 11 heavy (non-hydrogen) atoms. The van der Waals surface area contributed by atoms with E-state index in [-0.39, 0.29) is 0 Å². The van der Waals surface area contributed by atoms with Crippen molar-refractivity contribution < 1.29 is 0 Å². The molecule has 0 saturated carbocycles. The Morgan fingerprint density at radius 3 is 3.27 bits per heavy atom. The van der Waals surface area contributed by atoms with E-state index >= 15 is 0 Å². The van der Waals surface area contributed by atoms with Crippen LogP contribution < -0.4 is 5.73 Å². The molecule has 2 rings (SSSR count). The maximum atomic E-state index is 5.68. The van der Waals surface area contributed by atoms with Gasteiger partial charge in [-0.2, -0.15) is 0 Å². The molecule has 60 valence electrons. The molecule has 0 spiro atoms. The first kappa shape index (κ1) is 7.32. The van der Waals surface area contributed by atoms with Crippen LogP contribution in [0.15, 0.2) is 5.38 Å². The van der Waals surface area contributed by atoms with Gasteiger partial charge in [-0.1, -0.05) is 0 Å². The van der Waals surface area contributed by atoms with Gasteiger partial charge in [-0.15, -0.1) is 11.3 Å². The second-order valence-corrected chi connectivity index (χ2v) is 4.19. The van der Waals surface area contributed by atoms with Crippen LogP contribution in [-0.4, -0.2) is 6.54 Å². The van der Waals surface area contributed by atoms with E-state index in [0.717, 1.165) is 6.54 Å². The number of fused-ring (bicyclic) bond motifs is 1. The average molecular weight is 167 g/mol. The first-order chi connectivity index (χ1) is 5.33. The zero-order valence-corrected chi connectivity index (χ0v) is 7.58. The van der Waals surface area contributed by atoms with Crippen molar-refractivity contribution in [2.45, 2.75) is 25.7 Å². The van der Waals surface area contributed by atoms with Gasteiger partial charge < -0.3 is 5.73 Å². The third-order valence-electron chi connectivity index (χ3n) is 2.52. The van der Waals surface area contributed by atoms with Crippen molar-refractivity contribution in [1.82, 2.24) is 0 Å². The van der Waals surface area contributed by atoms with Crippen molar-refractivity contribution >= 4 is 11.3 Å². The zero-order chi connectivity index (χ0) is 7.84. The maximum absolute atomic E-state index is 5.68. The fraction of sp³-hybridized carbons (Fsp3) is 0.556. The first-order valence-electron chi connectivity index (χ1n) is 4.10. The fourth-order valence-corrected chi connectivity index (χ4v) is 3.07. The van der Waals surface area contributed by atoms with E-state index < -0.39 is 0 Å². The molecule has 0 amide bonds. The Bertz CT molecular complexity index is 265. The lowest BCUT2D eigenvalue weighted by Crippen LogP contribution is -2.09. The minimum Gasteiger partial charge on any atom is -0.330 e. The van der Waals surface area contributed by atoms with E-state index in [2.05, 4.69) is 12.3 Å². The summed E-state index contributed by atoms with van der Waals surface area (Å²) >= 11 is 1.90. The smallest absolute Gasteiger partial charge is 0.00834 e. The van der Waals surface area contributed by atoms with Crippen molar-refractivity contribution in [1.29, 1.82) is 0 Å². The van der Waals surface area contributed by atoms with Crippen LogP contribution in [-0.2, 0) is 6.42 Å². The third-order valence-corrected chi connectivity index (χ3v) is 3.70. The molecule has 0 unspecified atom stereocenters. The number of nitrogens with two attached hydrogens (primary N) is 1. The Balaban J connectivity index is 2.42. The van der Waals surface area contributed by atoms with Crippen LogP contribution in [0.1, 0.15) is 28.3 Å². The van der Waals surface area contributed by atoms with Crippen LogP contribution in [0.5, 0.6) is 0 Å². The van der Waals surface area contributed by atoms with E-state index in [1.54, 1.807) is 10.4 Å². The molecule has 0 radical (unpaired) electrons. The van der Waals surface area contributed by atoms with Crippen molar-refractivity contribution in [2.24, 2.45) is 5.73 Å². The minimum atomic E-state index is 0.663. The lowest BCUT2D eigenvalue weighted by molar-refractivity contribution is 0.685. The summed E-state index contributed by atoms with van der Waals surface area (Å²) in [7, 11) is 0. The van der Waals surface area contributed by atoms with E-state index in [9.17, 15) is 0 Å². The quantitative estimate of drug-likeness (QED) is 0.680. The van der Waals surface area contributed by atoms with Gasteiger partial charge in [0.2, 0.25) is 0 Å². The SMILES string of the molecule is Cc1csc2c1[C@H](CN)CC2. The van der Waals surface area contributed by atoms with Gasteiger partial charge in [0.1, 0.15) is 0 Å². The normalized spacial score (nSPS) is 22.2. The summed E-state index contributed by atoms with van der Waals surface area (Å²) in [5.74, 6) is 0.663. The van der Waals surface area contributed by atoms with Crippen LogP contribution in [0.25, 0.3) is 0 Å². The van der Waals surface area contributed by atoms with E-state index in [4.69, 9.17) is 5.73 Å². The fourth-order valence-electron chi connectivity index (χ4n) is 1.94. The summed E-state index contributed by atoms with van der Waals surface area (Å²) in [6.45, 7) is 3.02. The highest BCUT2D eigenvalue weighted by Gasteiger charge is 2.24. The molecule has 0 aliphatic heterocycles. The second-order valence-electron chi connectivity index (χ2n) is 3.23. The zero-order valence-electron chi connectivity index (χ0n) is 6.76. The van der Waals surface area contributed by atoms with E-state index in [1.807, 2.05) is 11.3 Å². The van der Waals surface area contributed by atoms with Crippen LogP contribution in [0.3, 0.4) is 0 Å².